The minimum Gasteiger partial charge on any atom is -0.338 e. The summed E-state index contributed by atoms with van der Waals surface area (Å²) in [6.07, 6.45) is 8.71. The van der Waals surface area contributed by atoms with Crippen LogP contribution < -0.4 is 5.32 Å². The fraction of sp³-hybridized carbons (Fsp3) is 0.867. The van der Waals surface area contributed by atoms with Crippen LogP contribution in [0.3, 0.4) is 0 Å². The summed E-state index contributed by atoms with van der Waals surface area (Å²) < 4.78 is 0. The standard InChI is InChI=1S/C15H26N2O/c1-3-4-5-6-7-14(18)17-15(12-16)10-8-13(2)9-11-15/h13H,3-11H2,1-2H3,(H,17,18). The van der Waals surface area contributed by atoms with Crippen LogP contribution in [0.2, 0.25) is 0 Å². The molecule has 0 unspecified atom stereocenters. The predicted molar refractivity (Wildman–Crippen MR) is 72.9 cm³/mol. The van der Waals surface area contributed by atoms with E-state index in [4.69, 9.17) is 0 Å². The summed E-state index contributed by atoms with van der Waals surface area (Å²) in [6.45, 7) is 4.38. The molecule has 0 heterocycles. The lowest BCUT2D eigenvalue weighted by Gasteiger charge is -2.34. The van der Waals surface area contributed by atoms with E-state index < -0.39 is 5.54 Å². The maximum atomic E-state index is 11.9. The number of carbonyl (C=O) groups excluding carboxylic acids is 1. The predicted octanol–water partition coefficient (Wildman–Crippen LogP) is 3.55. The lowest BCUT2D eigenvalue weighted by molar-refractivity contribution is -0.123. The van der Waals surface area contributed by atoms with Crippen molar-refractivity contribution in [2.24, 2.45) is 5.92 Å². The number of hydrogen-bond acceptors (Lipinski definition) is 2. The normalized spacial score (nSPS) is 27.5. The Morgan fingerprint density at radius 2 is 2.00 bits per heavy atom. The molecular weight excluding hydrogens is 224 g/mol. The molecule has 1 aliphatic rings. The molecule has 0 atom stereocenters. The monoisotopic (exact) mass is 250 g/mol. The van der Waals surface area contributed by atoms with Gasteiger partial charge in [-0.25, -0.2) is 0 Å². The number of nitrogens with zero attached hydrogens (tertiary/aromatic N) is 1. The van der Waals surface area contributed by atoms with E-state index in [9.17, 15) is 10.1 Å². The van der Waals surface area contributed by atoms with Crippen molar-refractivity contribution < 1.29 is 4.79 Å². The molecule has 1 aliphatic carbocycles. The number of unbranched alkanes of at least 4 members (excludes halogenated alkanes) is 3. The molecule has 1 amide bonds. The molecule has 0 aromatic rings. The van der Waals surface area contributed by atoms with Crippen molar-refractivity contribution in [2.45, 2.75) is 77.2 Å². The third-order valence-corrected chi connectivity index (χ3v) is 3.98. The van der Waals surface area contributed by atoms with Gasteiger partial charge in [0, 0.05) is 6.42 Å². The van der Waals surface area contributed by atoms with Crippen molar-refractivity contribution in [3.63, 3.8) is 0 Å². The fourth-order valence-corrected chi connectivity index (χ4v) is 2.56. The molecule has 3 nitrogen and oxygen atoms in total. The summed E-state index contributed by atoms with van der Waals surface area (Å²) in [6, 6.07) is 2.34. The van der Waals surface area contributed by atoms with Gasteiger partial charge >= 0.3 is 0 Å². The Bertz CT molecular complexity index is 298. The topological polar surface area (TPSA) is 52.9 Å². The van der Waals surface area contributed by atoms with Crippen LogP contribution in [0.4, 0.5) is 0 Å². The highest BCUT2D eigenvalue weighted by Crippen LogP contribution is 2.31. The molecule has 1 saturated carbocycles. The number of nitrogens with one attached hydrogen (secondary N) is 1. The lowest BCUT2D eigenvalue weighted by Crippen LogP contribution is -2.49. The minimum absolute atomic E-state index is 0.0576. The zero-order valence-corrected chi connectivity index (χ0v) is 11.8. The lowest BCUT2D eigenvalue weighted by atomic mass is 9.78. The second-order valence-corrected chi connectivity index (χ2v) is 5.74. The quantitative estimate of drug-likeness (QED) is 0.733. The molecule has 0 aromatic heterocycles. The summed E-state index contributed by atoms with van der Waals surface area (Å²) in [5.41, 5.74) is -0.575. The van der Waals surface area contributed by atoms with Gasteiger partial charge in [0.25, 0.3) is 0 Å². The summed E-state index contributed by atoms with van der Waals surface area (Å²) in [7, 11) is 0. The van der Waals surface area contributed by atoms with Crippen LogP contribution >= 0.6 is 0 Å². The second kappa shape index (κ2) is 7.41. The number of hydrogen-bond donors (Lipinski definition) is 1. The molecule has 3 heteroatoms. The molecule has 0 spiro atoms. The minimum atomic E-state index is -0.575. The number of nitriles is 1. The van der Waals surface area contributed by atoms with Gasteiger partial charge in [-0.1, -0.05) is 33.1 Å². The summed E-state index contributed by atoms with van der Waals surface area (Å²) in [5, 5.41) is 12.3. The molecule has 1 fully saturated rings. The van der Waals surface area contributed by atoms with E-state index >= 15 is 0 Å². The van der Waals surface area contributed by atoms with Gasteiger partial charge in [0.15, 0.2) is 0 Å². The SMILES string of the molecule is CCCCCCC(=O)NC1(C#N)CCC(C)CC1. The van der Waals surface area contributed by atoms with Crippen molar-refractivity contribution in [1.82, 2.24) is 5.32 Å². The van der Waals surface area contributed by atoms with Gasteiger partial charge in [-0.2, -0.15) is 5.26 Å². The fourth-order valence-electron chi connectivity index (χ4n) is 2.56. The highest BCUT2D eigenvalue weighted by atomic mass is 16.1. The molecule has 18 heavy (non-hydrogen) atoms. The Morgan fingerprint density at radius 3 is 2.56 bits per heavy atom. The third-order valence-electron chi connectivity index (χ3n) is 3.98. The Balaban J connectivity index is 2.34. The van der Waals surface area contributed by atoms with Gasteiger partial charge in [0.2, 0.25) is 5.91 Å². The van der Waals surface area contributed by atoms with Crippen LogP contribution in [0.25, 0.3) is 0 Å². The van der Waals surface area contributed by atoms with Crippen molar-refractivity contribution in [3.8, 4) is 6.07 Å². The van der Waals surface area contributed by atoms with E-state index in [-0.39, 0.29) is 5.91 Å². The van der Waals surface area contributed by atoms with Crippen LogP contribution in [0, 0.1) is 17.2 Å². The van der Waals surface area contributed by atoms with E-state index in [2.05, 4.69) is 25.2 Å². The molecule has 102 valence electrons. The molecule has 0 saturated heterocycles. The first-order valence-electron chi connectivity index (χ1n) is 7.34. The van der Waals surface area contributed by atoms with Crippen LogP contribution in [0.15, 0.2) is 0 Å². The molecule has 0 aliphatic heterocycles. The molecule has 0 radical (unpaired) electrons. The summed E-state index contributed by atoms with van der Waals surface area (Å²) >= 11 is 0. The van der Waals surface area contributed by atoms with Crippen LogP contribution in [-0.4, -0.2) is 11.4 Å². The van der Waals surface area contributed by atoms with Crippen molar-refractivity contribution in [2.75, 3.05) is 0 Å². The van der Waals surface area contributed by atoms with Gasteiger partial charge in [-0.05, 0) is 38.0 Å². The first-order chi connectivity index (χ1) is 8.62. The Hall–Kier alpha value is -1.04. The molecular formula is C15H26N2O. The van der Waals surface area contributed by atoms with Gasteiger partial charge in [-0.15, -0.1) is 0 Å². The maximum absolute atomic E-state index is 11.9. The second-order valence-electron chi connectivity index (χ2n) is 5.74. The Morgan fingerprint density at radius 1 is 1.33 bits per heavy atom. The van der Waals surface area contributed by atoms with E-state index in [0.29, 0.717) is 12.3 Å². The number of amides is 1. The molecule has 0 bridgehead atoms. The molecule has 1 N–H and O–H groups in total. The van der Waals surface area contributed by atoms with Gasteiger partial charge in [-0.3, -0.25) is 4.79 Å². The van der Waals surface area contributed by atoms with Gasteiger partial charge in [0.1, 0.15) is 5.54 Å². The molecule has 1 rings (SSSR count). The van der Waals surface area contributed by atoms with Crippen LogP contribution in [0.1, 0.15) is 71.6 Å². The van der Waals surface area contributed by atoms with E-state index in [0.717, 1.165) is 38.5 Å². The first kappa shape index (κ1) is 15.0. The average Bonchev–Trinajstić information content (AvgIpc) is 2.38. The van der Waals surface area contributed by atoms with E-state index in [1.54, 1.807) is 0 Å². The van der Waals surface area contributed by atoms with E-state index in [1.165, 1.54) is 12.8 Å². The highest BCUT2D eigenvalue weighted by Gasteiger charge is 2.35. The van der Waals surface area contributed by atoms with Crippen molar-refractivity contribution >= 4 is 5.91 Å². The third kappa shape index (κ3) is 4.68. The average molecular weight is 250 g/mol. The van der Waals surface area contributed by atoms with Crippen LogP contribution in [0.5, 0.6) is 0 Å². The Kier molecular flexibility index (Phi) is 6.18. The smallest absolute Gasteiger partial charge is 0.221 e. The number of carbonyl (C=O) groups is 1. The number of rotatable bonds is 6. The maximum Gasteiger partial charge on any atom is 0.221 e. The van der Waals surface area contributed by atoms with Gasteiger partial charge < -0.3 is 5.32 Å². The Labute approximate surface area is 111 Å². The van der Waals surface area contributed by atoms with E-state index in [1.807, 2.05) is 0 Å². The largest absolute Gasteiger partial charge is 0.338 e. The zero-order chi connectivity index (χ0) is 13.4. The van der Waals surface area contributed by atoms with Crippen molar-refractivity contribution in [1.29, 1.82) is 5.26 Å². The summed E-state index contributed by atoms with van der Waals surface area (Å²) in [4.78, 5) is 11.9. The zero-order valence-electron chi connectivity index (χ0n) is 11.8. The molecule has 0 aromatic carbocycles. The van der Waals surface area contributed by atoms with Crippen LogP contribution in [-0.2, 0) is 4.79 Å². The summed E-state index contributed by atoms with van der Waals surface area (Å²) in [5.74, 6) is 0.745. The first-order valence-corrected chi connectivity index (χ1v) is 7.34. The van der Waals surface area contributed by atoms with Crippen molar-refractivity contribution in [3.05, 3.63) is 0 Å². The highest BCUT2D eigenvalue weighted by molar-refractivity contribution is 5.77. The van der Waals surface area contributed by atoms with Gasteiger partial charge in [0.05, 0.1) is 6.07 Å².